The molecule has 0 radical (unpaired) electrons. The number of ether oxygens (including phenoxy) is 3. The molecule has 1 saturated heterocycles. The van der Waals surface area contributed by atoms with Gasteiger partial charge in [-0.2, -0.15) is 0 Å². The molecule has 2 aromatic rings. The maximum atomic E-state index is 12.4. The smallest absolute Gasteiger partial charge is 0.253 e. The number of methoxy groups -OCH3 is 1. The summed E-state index contributed by atoms with van der Waals surface area (Å²) in [6, 6.07) is 10.2. The van der Waals surface area contributed by atoms with Gasteiger partial charge in [-0.15, -0.1) is 0 Å². The molecule has 0 aromatic heterocycles. The van der Waals surface area contributed by atoms with Gasteiger partial charge in [-0.05, 0) is 48.7 Å². The Morgan fingerprint density at radius 1 is 1.31 bits per heavy atom. The maximum Gasteiger partial charge on any atom is 0.253 e. The lowest BCUT2D eigenvalue weighted by Crippen LogP contribution is -2.27. The van der Waals surface area contributed by atoms with Crippen molar-refractivity contribution in [3.8, 4) is 5.75 Å². The minimum atomic E-state index is -0.963. The third-order valence-electron chi connectivity index (χ3n) is 4.66. The van der Waals surface area contributed by atoms with E-state index in [9.17, 15) is 9.90 Å². The molecule has 2 N–H and O–H groups in total. The summed E-state index contributed by atoms with van der Waals surface area (Å²) in [7, 11) is 1.56. The maximum absolute atomic E-state index is 12.4. The Balaban J connectivity index is 1.63. The predicted octanol–water partition coefficient (Wildman–Crippen LogP) is 3.95. The monoisotopic (exact) mass is 439 g/mol. The summed E-state index contributed by atoms with van der Waals surface area (Å²) in [5, 5.41) is 13.7. The fourth-order valence-electron chi connectivity index (χ4n) is 3.12. The normalized spacial score (nSPS) is 17.2. The summed E-state index contributed by atoms with van der Waals surface area (Å²) >= 11 is 12.0. The van der Waals surface area contributed by atoms with Crippen molar-refractivity contribution in [3.63, 3.8) is 0 Å². The number of aliphatic hydroxyl groups excluding tert-OH is 1. The average Bonchev–Trinajstić information content (AvgIpc) is 3.25. The van der Waals surface area contributed by atoms with Gasteiger partial charge < -0.3 is 24.6 Å². The molecule has 1 fully saturated rings. The summed E-state index contributed by atoms with van der Waals surface area (Å²) in [6.07, 6.45) is 0.467. The van der Waals surface area contributed by atoms with Crippen molar-refractivity contribution in [2.45, 2.75) is 38.4 Å². The zero-order valence-electron chi connectivity index (χ0n) is 16.0. The van der Waals surface area contributed by atoms with E-state index in [4.69, 9.17) is 37.4 Å². The second-order valence-electron chi connectivity index (χ2n) is 6.71. The van der Waals surface area contributed by atoms with E-state index >= 15 is 0 Å². The van der Waals surface area contributed by atoms with Crippen LogP contribution in [0.15, 0.2) is 36.4 Å². The zero-order valence-corrected chi connectivity index (χ0v) is 17.5. The SMILES string of the molecule is COc1ccc(COC(O)C2CCCO2)cc1CNC(=O)c1ccc(Cl)cc1Cl. The van der Waals surface area contributed by atoms with Crippen LogP contribution >= 0.6 is 23.2 Å². The first kappa shape index (κ1) is 21.9. The highest BCUT2D eigenvalue weighted by Gasteiger charge is 2.24. The topological polar surface area (TPSA) is 77.0 Å². The Hall–Kier alpha value is -1.83. The summed E-state index contributed by atoms with van der Waals surface area (Å²) in [6.45, 7) is 1.10. The molecule has 6 nitrogen and oxygen atoms in total. The molecule has 0 spiro atoms. The Labute approximate surface area is 179 Å². The summed E-state index contributed by atoms with van der Waals surface area (Å²) in [5.41, 5.74) is 1.96. The van der Waals surface area contributed by atoms with Crippen molar-refractivity contribution in [1.29, 1.82) is 0 Å². The quantitative estimate of drug-likeness (QED) is 0.608. The molecule has 3 rings (SSSR count). The van der Waals surface area contributed by atoms with Crippen molar-refractivity contribution >= 4 is 29.1 Å². The number of rotatable bonds is 8. The van der Waals surface area contributed by atoms with Crippen LogP contribution in [0.1, 0.15) is 34.3 Å². The minimum absolute atomic E-state index is 0.217. The molecule has 0 saturated carbocycles. The number of carbonyl (C=O) groups is 1. The fraction of sp³-hybridized carbons (Fsp3) is 0.381. The molecule has 2 unspecified atom stereocenters. The third kappa shape index (κ3) is 5.84. The van der Waals surface area contributed by atoms with E-state index in [1.807, 2.05) is 12.1 Å². The molecular formula is C21H23Cl2NO5. The Bertz CT molecular complexity index is 855. The van der Waals surface area contributed by atoms with Gasteiger partial charge in [0.05, 0.1) is 24.3 Å². The van der Waals surface area contributed by atoms with Crippen LogP contribution in [0.25, 0.3) is 0 Å². The number of carbonyl (C=O) groups excluding carboxylic acids is 1. The molecule has 2 aromatic carbocycles. The van der Waals surface area contributed by atoms with Gasteiger partial charge in [0.25, 0.3) is 5.91 Å². The number of hydrogen-bond acceptors (Lipinski definition) is 5. The van der Waals surface area contributed by atoms with Gasteiger partial charge in [0.15, 0.2) is 6.29 Å². The number of amides is 1. The van der Waals surface area contributed by atoms with Gasteiger partial charge >= 0.3 is 0 Å². The number of aliphatic hydroxyl groups is 1. The molecule has 156 valence electrons. The van der Waals surface area contributed by atoms with Crippen LogP contribution in [0, 0.1) is 0 Å². The third-order valence-corrected chi connectivity index (χ3v) is 5.21. The van der Waals surface area contributed by atoms with Gasteiger partial charge in [-0.25, -0.2) is 0 Å². The standard InChI is InChI=1S/C21H23Cl2NO5/c1-27-18-7-4-13(12-29-21(26)19-3-2-8-28-19)9-14(18)11-24-20(25)16-6-5-15(22)10-17(16)23/h4-7,9-10,19,21,26H,2-3,8,11-12H2,1H3,(H,24,25). The highest BCUT2D eigenvalue weighted by molar-refractivity contribution is 6.36. The lowest BCUT2D eigenvalue weighted by molar-refractivity contribution is -0.171. The van der Waals surface area contributed by atoms with Gasteiger partial charge in [-0.3, -0.25) is 4.79 Å². The van der Waals surface area contributed by atoms with E-state index in [2.05, 4.69) is 5.32 Å². The van der Waals surface area contributed by atoms with Crippen molar-refractivity contribution in [3.05, 3.63) is 63.1 Å². The molecule has 2 atom stereocenters. The van der Waals surface area contributed by atoms with Gasteiger partial charge in [0, 0.05) is 23.7 Å². The predicted molar refractivity (Wildman–Crippen MR) is 110 cm³/mol. The molecule has 1 amide bonds. The fourth-order valence-corrected chi connectivity index (χ4v) is 3.61. The van der Waals surface area contributed by atoms with Crippen LogP contribution in [0.5, 0.6) is 5.75 Å². The van der Waals surface area contributed by atoms with E-state index in [0.29, 0.717) is 22.9 Å². The lowest BCUT2D eigenvalue weighted by Gasteiger charge is -2.18. The zero-order chi connectivity index (χ0) is 20.8. The lowest BCUT2D eigenvalue weighted by atomic mass is 10.1. The van der Waals surface area contributed by atoms with Crippen LogP contribution in [0.4, 0.5) is 0 Å². The first-order chi connectivity index (χ1) is 14.0. The largest absolute Gasteiger partial charge is 0.496 e. The molecule has 29 heavy (non-hydrogen) atoms. The minimum Gasteiger partial charge on any atom is -0.496 e. The molecule has 1 aliphatic heterocycles. The summed E-state index contributed by atoms with van der Waals surface area (Å²) < 4.78 is 16.3. The Morgan fingerprint density at radius 3 is 2.83 bits per heavy atom. The van der Waals surface area contributed by atoms with E-state index in [0.717, 1.165) is 24.0 Å². The van der Waals surface area contributed by atoms with Crippen LogP contribution in [-0.2, 0) is 22.6 Å². The second-order valence-corrected chi connectivity index (χ2v) is 7.55. The molecule has 8 heteroatoms. The van der Waals surface area contributed by atoms with Crippen molar-refractivity contribution in [2.24, 2.45) is 0 Å². The van der Waals surface area contributed by atoms with Crippen molar-refractivity contribution in [2.75, 3.05) is 13.7 Å². The van der Waals surface area contributed by atoms with Crippen LogP contribution in [0.2, 0.25) is 10.0 Å². The average molecular weight is 440 g/mol. The van der Waals surface area contributed by atoms with Crippen LogP contribution in [-0.4, -0.2) is 37.1 Å². The van der Waals surface area contributed by atoms with E-state index in [1.54, 1.807) is 25.3 Å². The summed E-state index contributed by atoms with van der Waals surface area (Å²) in [5.74, 6) is 0.320. The van der Waals surface area contributed by atoms with E-state index < -0.39 is 6.29 Å². The molecular weight excluding hydrogens is 417 g/mol. The number of halogens is 2. The number of benzene rings is 2. The first-order valence-corrected chi connectivity index (χ1v) is 10.0. The second kappa shape index (κ2) is 10.3. The molecule has 0 aliphatic carbocycles. The highest BCUT2D eigenvalue weighted by atomic mass is 35.5. The van der Waals surface area contributed by atoms with E-state index in [-0.39, 0.29) is 30.2 Å². The van der Waals surface area contributed by atoms with Gasteiger partial charge in [-0.1, -0.05) is 29.3 Å². The van der Waals surface area contributed by atoms with Crippen molar-refractivity contribution in [1.82, 2.24) is 5.32 Å². The number of hydrogen-bond donors (Lipinski definition) is 2. The molecule has 1 heterocycles. The van der Waals surface area contributed by atoms with Crippen LogP contribution < -0.4 is 10.1 Å². The molecule has 1 aliphatic rings. The first-order valence-electron chi connectivity index (χ1n) is 9.28. The van der Waals surface area contributed by atoms with Crippen molar-refractivity contribution < 1.29 is 24.1 Å². The Morgan fingerprint density at radius 2 is 2.14 bits per heavy atom. The van der Waals surface area contributed by atoms with Crippen LogP contribution in [0.3, 0.4) is 0 Å². The highest BCUT2D eigenvalue weighted by Crippen LogP contribution is 2.24. The molecule has 0 bridgehead atoms. The Kier molecular flexibility index (Phi) is 7.75. The number of nitrogens with one attached hydrogen (secondary N) is 1. The van der Waals surface area contributed by atoms with E-state index in [1.165, 1.54) is 6.07 Å². The van der Waals surface area contributed by atoms with Gasteiger partial charge in [0.2, 0.25) is 0 Å². The van der Waals surface area contributed by atoms with Gasteiger partial charge in [0.1, 0.15) is 11.9 Å². The summed E-state index contributed by atoms with van der Waals surface area (Å²) in [4.78, 5) is 12.4.